The van der Waals surface area contributed by atoms with Crippen molar-refractivity contribution in [3.8, 4) is 5.75 Å². The fraction of sp³-hybridized carbons (Fsp3) is 0.500. The highest BCUT2D eigenvalue weighted by Crippen LogP contribution is 2.43. The van der Waals surface area contributed by atoms with Gasteiger partial charge >= 0.3 is 0 Å². The van der Waals surface area contributed by atoms with Gasteiger partial charge in [-0.2, -0.15) is 0 Å². The Bertz CT molecular complexity index is 1660. The van der Waals surface area contributed by atoms with Gasteiger partial charge in [0.05, 0.1) is 26.4 Å². The maximum atomic E-state index is 14.2. The van der Waals surface area contributed by atoms with E-state index in [2.05, 4.69) is 82.2 Å². The van der Waals surface area contributed by atoms with Crippen molar-refractivity contribution in [3.63, 3.8) is 0 Å². The van der Waals surface area contributed by atoms with Crippen LogP contribution < -0.4 is 14.5 Å². The number of rotatable bonds is 12. The third kappa shape index (κ3) is 8.59. The lowest BCUT2D eigenvalue weighted by atomic mass is 9.74. The molecule has 3 aromatic carbocycles. The molecule has 51 heavy (non-hydrogen) atoms. The summed E-state index contributed by atoms with van der Waals surface area (Å²) in [7, 11) is 5.96. The van der Waals surface area contributed by atoms with Crippen LogP contribution in [0.3, 0.4) is 0 Å². The van der Waals surface area contributed by atoms with Crippen LogP contribution in [0.25, 0.3) is 0 Å². The second-order valence-corrected chi connectivity index (χ2v) is 14.8. The van der Waals surface area contributed by atoms with Crippen LogP contribution in [0.4, 0.5) is 16.0 Å². The Hall–Kier alpha value is -3.92. The highest BCUT2D eigenvalue weighted by molar-refractivity contribution is 5.52. The van der Waals surface area contributed by atoms with E-state index in [9.17, 15) is 4.39 Å². The van der Waals surface area contributed by atoms with Gasteiger partial charge in [0.25, 0.3) is 0 Å². The minimum atomic E-state index is -0.155. The van der Waals surface area contributed by atoms with Gasteiger partial charge in [-0.25, -0.2) is 9.37 Å². The monoisotopic (exact) mass is 695 g/mol. The van der Waals surface area contributed by atoms with Gasteiger partial charge in [0.15, 0.2) is 0 Å². The Labute approximate surface area is 303 Å². The van der Waals surface area contributed by atoms with Crippen molar-refractivity contribution in [1.29, 1.82) is 0 Å². The maximum absolute atomic E-state index is 14.2. The summed E-state index contributed by atoms with van der Waals surface area (Å²) in [5.74, 6) is 3.57. The number of aromatic nitrogens is 1. The molecule has 2 saturated heterocycles. The van der Waals surface area contributed by atoms with Gasteiger partial charge in [-0.05, 0) is 92.7 Å². The molecule has 0 N–H and O–H groups in total. The molecule has 7 rings (SSSR count). The highest BCUT2D eigenvalue weighted by Gasteiger charge is 2.36. The van der Waals surface area contributed by atoms with E-state index in [0.717, 1.165) is 120 Å². The van der Waals surface area contributed by atoms with Crippen LogP contribution in [0.15, 0.2) is 83.3 Å². The second kappa shape index (κ2) is 16.6. The summed E-state index contributed by atoms with van der Waals surface area (Å²) >= 11 is 0. The zero-order valence-electron chi connectivity index (χ0n) is 30.6. The summed E-state index contributed by atoms with van der Waals surface area (Å²) in [6.07, 6.45) is 6.34. The minimum Gasteiger partial charge on any atom is -0.497 e. The summed E-state index contributed by atoms with van der Waals surface area (Å²) in [4.78, 5) is 15.0. The van der Waals surface area contributed by atoms with Crippen LogP contribution in [0.2, 0.25) is 0 Å². The average Bonchev–Trinajstić information content (AvgIpc) is 3.58. The van der Waals surface area contributed by atoms with Crippen LogP contribution in [0, 0.1) is 17.7 Å². The van der Waals surface area contributed by atoms with Crippen LogP contribution in [0.5, 0.6) is 5.75 Å². The first-order valence-electron chi connectivity index (χ1n) is 18.9. The van der Waals surface area contributed by atoms with Gasteiger partial charge < -0.3 is 28.6 Å². The molecule has 1 aromatic heterocycles. The molecule has 3 heterocycles. The zero-order valence-corrected chi connectivity index (χ0v) is 30.6. The molecular formula is C42H54FN5O3. The number of nitrogens with zero attached hydrogens (tertiary/aromatic N) is 5. The van der Waals surface area contributed by atoms with Crippen molar-refractivity contribution in [2.45, 2.75) is 50.6 Å². The largest absolute Gasteiger partial charge is 0.497 e. The van der Waals surface area contributed by atoms with Crippen molar-refractivity contribution in [3.05, 3.63) is 107 Å². The van der Waals surface area contributed by atoms with Crippen LogP contribution in [-0.2, 0) is 11.2 Å². The topological polar surface area (TPSA) is 57.5 Å². The Morgan fingerprint density at radius 1 is 0.843 bits per heavy atom. The van der Waals surface area contributed by atoms with Crippen LogP contribution in [-0.4, -0.2) is 88.5 Å². The number of piperazine rings is 1. The van der Waals surface area contributed by atoms with Crippen LogP contribution in [0.1, 0.15) is 66.9 Å². The Morgan fingerprint density at radius 2 is 1.55 bits per heavy atom. The fourth-order valence-electron chi connectivity index (χ4n) is 8.65. The third-order valence-electron chi connectivity index (χ3n) is 11.3. The maximum Gasteiger partial charge on any atom is 0.220 e. The van der Waals surface area contributed by atoms with Gasteiger partial charge in [0, 0.05) is 57.4 Å². The lowest BCUT2D eigenvalue weighted by Gasteiger charge is -2.40. The van der Waals surface area contributed by atoms with E-state index in [0.29, 0.717) is 11.8 Å². The zero-order chi connectivity index (χ0) is 35.2. The molecule has 0 bridgehead atoms. The standard InChI is InChI=1S/C42H54FN5O3/c1-45(2)40(34-10-7-11-35(43)30-34)33-14-12-32(13-15-33)29-39(47-24-26-50-27-25-47)41-44-38(28-31-8-5-4-6-9-31)42(51-41)48-22-20-46(21-23-48)36-16-18-37(49-3)19-17-36/h4-11,16-19,30,32-33,39-40H,12-15,20-29H2,1-3H3. The molecule has 9 heteroatoms. The lowest BCUT2D eigenvalue weighted by Crippen LogP contribution is -2.46. The summed E-state index contributed by atoms with van der Waals surface area (Å²) in [5, 5.41) is 0. The lowest BCUT2D eigenvalue weighted by molar-refractivity contribution is 0.00163. The Kier molecular flexibility index (Phi) is 11.6. The molecule has 272 valence electrons. The first kappa shape index (κ1) is 35.5. The first-order chi connectivity index (χ1) is 24.9. The molecule has 4 aromatic rings. The first-order valence-corrected chi connectivity index (χ1v) is 18.9. The Morgan fingerprint density at radius 3 is 2.22 bits per heavy atom. The van der Waals surface area contributed by atoms with E-state index in [1.807, 2.05) is 18.2 Å². The SMILES string of the molecule is COc1ccc(N2CCN(c3oc(C(CC4CCC(C(c5cccc(F)c5)N(C)C)CC4)N4CCOCC4)nc3Cc3ccccc3)CC2)cc1. The molecule has 2 atom stereocenters. The third-order valence-corrected chi connectivity index (χ3v) is 11.3. The number of morpholine rings is 1. The molecule has 3 aliphatic rings. The quantitative estimate of drug-likeness (QED) is 0.150. The van der Waals surface area contributed by atoms with Crippen molar-refractivity contribution >= 4 is 11.6 Å². The Balaban J connectivity index is 1.10. The second-order valence-electron chi connectivity index (χ2n) is 14.8. The molecule has 0 amide bonds. The number of halogens is 1. The molecule has 3 fully saturated rings. The molecule has 2 aliphatic heterocycles. The van der Waals surface area contributed by atoms with Crippen molar-refractivity contribution in [1.82, 2.24) is 14.8 Å². The molecule has 0 radical (unpaired) electrons. The van der Waals surface area contributed by atoms with Crippen molar-refractivity contribution in [2.24, 2.45) is 11.8 Å². The van der Waals surface area contributed by atoms with E-state index in [4.69, 9.17) is 18.9 Å². The highest BCUT2D eigenvalue weighted by atomic mass is 19.1. The average molecular weight is 696 g/mol. The summed E-state index contributed by atoms with van der Waals surface area (Å²) in [6.45, 7) is 6.79. The number of hydrogen-bond donors (Lipinski definition) is 0. The van der Waals surface area contributed by atoms with Gasteiger partial charge in [-0.15, -0.1) is 0 Å². The number of hydrogen-bond acceptors (Lipinski definition) is 8. The van der Waals surface area contributed by atoms with Gasteiger partial charge in [0.2, 0.25) is 11.8 Å². The predicted octanol–water partition coefficient (Wildman–Crippen LogP) is 7.61. The van der Waals surface area contributed by atoms with E-state index >= 15 is 0 Å². The van der Waals surface area contributed by atoms with Crippen LogP contribution >= 0.6 is 0 Å². The van der Waals surface area contributed by atoms with E-state index in [1.54, 1.807) is 19.2 Å². The van der Waals surface area contributed by atoms with E-state index in [-0.39, 0.29) is 17.9 Å². The predicted molar refractivity (Wildman–Crippen MR) is 201 cm³/mol. The molecule has 1 saturated carbocycles. The van der Waals surface area contributed by atoms with E-state index < -0.39 is 0 Å². The fourth-order valence-corrected chi connectivity index (χ4v) is 8.65. The van der Waals surface area contributed by atoms with E-state index in [1.165, 1.54) is 11.3 Å². The van der Waals surface area contributed by atoms with Crippen molar-refractivity contribution < 1.29 is 18.3 Å². The van der Waals surface area contributed by atoms with Gasteiger partial charge in [-0.3, -0.25) is 4.90 Å². The van der Waals surface area contributed by atoms with Gasteiger partial charge in [0.1, 0.15) is 17.3 Å². The minimum absolute atomic E-state index is 0.104. The van der Waals surface area contributed by atoms with Crippen molar-refractivity contribution in [2.75, 3.05) is 83.5 Å². The smallest absolute Gasteiger partial charge is 0.220 e. The molecule has 0 spiro atoms. The molecule has 8 nitrogen and oxygen atoms in total. The number of oxazole rings is 1. The number of ether oxygens (including phenoxy) is 2. The molecular weight excluding hydrogens is 641 g/mol. The summed E-state index contributed by atoms with van der Waals surface area (Å²) in [5.41, 5.74) is 4.57. The van der Waals surface area contributed by atoms with Gasteiger partial charge in [-0.1, -0.05) is 55.3 Å². The molecule has 2 unspecified atom stereocenters. The summed E-state index contributed by atoms with van der Waals surface area (Å²) in [6, 6.07) is 26.5. The number of anilines is 2. The number of benzene rings is 3. The normalized spacial score (nSPS) is 21.5. The molecule has 1 aliphatic carbocycles. The number of methoxy groups -OCH3 is 1. The summed E-state index contributed by atoms with van der Waals surface area (Å²) < 4.78 is 32.4.